The molecule has 0 aliphatic carbocycles. The molecule has 1 aliphatic heterocycles. The Bertz CT molecular complexity index is 1030. The van der Waals surface area contributed by atoms with Crippen LogP contribution in [-0.2, 0) is 4.79 Å². The lowest BCUT2D eigenvalue weighted by atomic mass is 10.1. The molecule has 154 valence electrons. The zero-order valence-electron chi connectivity index (χ0n) is 17.4. The van der Waals surface area contributed by atoms with Gasteiger partial charge in [-0.2, -0.15) is 0 Å². The fourth-order valence-electron chi connectivity index (χ4n) is 3.50. The van der Waals surface area contributed by atoms with E-state index in [-0.39, 0.29) is 12.5 Å². The highest BCUT2D eigenvalue weighted by atomic mass is 16.5. The first-order chi connectivity index (χ1) is 14.6. The molecule has 1 aromatic heterocycles. The lowest BCUT2D eigenvalue weighted by molar-refractivity contribution is -0.118. The lowest BCUT2D eigenvalue weighted by Crippen LogP contribution is -2.20. The van der Waals surface area contributed by atoms with Crippen LogP contribution in [0.25, 0.3) is 11.3 Å². The standard InChI is InChI=1S/C24H26N4O2/c1-17-8-9-21(14-18(17)2)30-16-24(29)25-20-7-5-6-19(15-20)22-10-11-23(27-26-22)28-12-3-4-13-28/h5-11,14-15H,3-4,12-13,16H2,1-2H3,(H,25,29). The summed E-state index contributed by atoms with van der Waals surface area (Å²) in [6, 6.07) is 17.4. The van der Waals surface area contributed by atoms with Crippen molar-refractivity contribution in [1.29, 1.82) is 0 Å². The number of carbonyl (C=O) groups is 1. The van der Waals surface area contributed by atoms with Crippen LogP contribution in [0, 0.1) is 13.8 Å². The van der Waals surface area contributed by atoms with Gasteiger partial charge >= 0.3 is 0 Å². The fraction of sp³-hybridized carbons (Fsp3) is 0.292. The molecule has 0 spiro atoms. The number of nitrogens with zero attached hydrogens (tertiary/aromatic N) is 3. The van der Waals surface area contributed by atoms with Gasteiger partial charge in [0.1, 0.15) is 5.75 Å². The molecule has 0 radical (unpaired) electrons. The molecular formula is C24H26N4O2. The number of hydrogen-bond acceptors (Lipinski definition) is 5. The number of amides is 1. The summed E-state index contributed by atoms with van der Waals surface area (Å²) in [7, 11) is 0. The topological polar surface area (TPSA) is 67.3 Å². The average Bonchev–Trinajstić information content (AvgIpc) is 3.30. The Morgan fingerprint density at radius 1 is 1.00 bits per heavy atom. The molecular weight excluding hydrogens is 376 g/mol. The van der Waals surface area contributed by atoms with Gasteiger partial charge in [0.2, 0.25) is 0 Å². The van der Waals surface area contributed by atoms with Crippen molar-refractivity contribution < 1.29 is 9.53 Å². The molecule has 4 rings (SSSR count). The first-order valence-corrected chi connectivity index (χ1v) is 10.3. The molecule has 1 amide bonds. The van der Waals surface area contributed by atoms with Crippen LogP contribution in [0.5, 0.6) is 5.75 Å². The summed E-state index contributed by atoms with van der Waals surface area (Å²) in [6.45, 7) is 6.11. The molecule has 2 heterocycles. The third-order valence-corrected chi connectivity index (χ3v) is 5.37. The minimum Gasteiger partial charge on any atom is -0.484 e. The maximum atomic E-state index is 12.3. The molecule has 6 heteroatoms. The molecule has 1 fully saturated rings. The molecule has 0 bridgehead atoms. The number of ether oxygens (including phenoxy) is 1. The van der Waals surface area contributed by atoms with Gasteiger partial charge in [-0.25, -0.2) is 0 Å². The third kappa shape index (κ3) is 4.76. The fourth-order valence-corrected chi connectivity index (χ4v) is 3.50. The molecule has 3 aromatic rings. The molecule has 0 atom stereocenters. The third-order valence-electron chi connectivity index (χ3n) is 5.37. The van der Waals surface area contributed by atoms with Crippen molar-refractivity contribution in [1.82, 2.24) is 10.2 Å². The first-order valence-electron chi connectivity index (χ1n) is 10.3. The number of benzene rings is 2. The van der Waals surface area contributed by atoms with E-state index in [1.54, 1.807) is 0 Å². The highest BCUT2D eigenvalue weighted by Crippen LogP contribution is 2.23. The molecule has 2 aromatic carbocycles. The van der Waals surface area contributed by atoms with E-state index in [4.69, 9.17) is 4.74 Å². The zero-order valence-corrected chi connectivity index (χ0v) is 17.4. The van der Waals surface area contributed by atoms with Crippen LogP contribution in [0.3, 0.4) is 0 Å². The summed E-state index contributed by atoms with van der Waals surface area (Å²) in [5, 5.41) is 11.6. The molecule has 0 saturated carbocycles. The average molecular weight is 402 g/mol. The highest BCUT2D eigenvalue weighted by molar-refractivity contribution is 5.92. The Hall–Kier alpha value is -3.41. The van der Waals surface area contributed by atoms with Crippen LogP contribution in [0.4, 0.5) is 11.5 Å². The van der Waals surface area contributed by atoms with Gasteiger partial charge < -0.3 is 15.0 Å². The quantitative estimate of drug-likeness (QED) is 0.663. The van der Waals surface area contributed by atoms with Crippen LogP contribution < -0.4 is 15.0 Å². The monoisotopic (exact) mass is 402 g/mol. The predicted molar refractivity (Wildman–Crippen MR) is 119 cm³/mol. The molecule has 1 N–H and O–H groups in total. The van der Waals surface area contributed by atoms with E-state index in [1.807, 2.05) is 68.4 Å². The van der Waals surface area contributed by atoms with Gasteiger partial charge in [0, 0.05) is 24.3 Å². The largest absolute Gasteiger partial charge is 0.484 e. The second-order valence-electron chi connectivity index (χ2n) is 7.63. The van der Waals surface area contributed by atoms with Crippen molar-refractivity contribution in [3.05, 3.63) is 65.7 Å². The van der Waals surface area contributed by atoms with E-state index in [0.717, 1.165) is 35.7 Å². The molecule has 1 aliphatic rings. The molecule has 6 nitrogen and oxygen atoms in total. The van der Waals surface area contributed by atoms with Crippen LogP contribution in [-0.4, -0.2) is 35.8 Å². The van der Waals surface area contributed by atoms with Crippen molar-refractivity contribution >= 4 is 17.4 Å². The van der Waals surface area contributed by atoms with Gasteiger partial charge in [0.05, 0.1) is 5.69 Å². The van der Waals surface area contributed by atoms with E-state index < -0.39 is 0 Å². The summed E-state index contributed by atoms with van der Waals surface area (Å²) >= 11 is 0. The Balaban J connectivity index is 1.37. The van der Waals surface area contributed by atoms with Crippen LogP contribution in [0.2, 0.25) is 0 Å². The minimum atomic E-state index is -0.208. The van der Waals surface area contributed by atoms with Crippen LogP contribution >= 0.6 is 0 Å². The van der Waals surface area contributed by atoms with E-state index in [2.05, 4.69) is 20.4 Å². The number of hydrogen-bond donors (Lipinski definition) is 1. The van der Waals surface area contributed by atoms with E-state index in [0.29, 0.717) is 11.4 Å². The number of aromatic nitrogens is 2. The number of carbonyl (C=O) groups excluding carboxylic acids is 1. The highest BCUT2D eigenvalue weighted by Gasteiger charge is 2.14. The van der Waals surface area contributed by atoms with Gasteiger partial charge in [0.15, 0.2) is 12.4 Å². The number of aryl methyl sites for hydroxylation is 2. The van der Waals surface area contributed by atoms with Crippen molar-refractivity contribution in [2.75, 3.05) is 29.9 Å². The predicted octanol–water partition coefficient (Wildman–Crippen LogP) is 4.38. The molecule has 0 unspecified atom stereocenters. The van der Waals surface area contributed by atoms with Crippen molar-refractivity contribution in [2.45, 2.75) is 26.7 Å². The Kier molecular flexibility index (Phi) is 5.93. The van der Waals surface area contributed by atoms with Gasteiger partial charge in [-0.15, -0.1) is 10.2 Å². The van der Waals surface area contributed by atoms with Crippen LogP contribution in [0.1, 0.15) is 24.0 Å². The summed E-state index contributed by atoms with van der Waals surface area (Å²) in [5.41, 5.74) is 4.72. The maximum absolute atomic E-state index is 12.3. The van der Waals surface area contributed by atoms with E-state index in [9.17, 15) is 4.79 Å². The smallest absolute Gasteiger partial charge is 0.262 e. The summed E-state index contributed by atoms with van der Waals surface area (Å²) in [4.78, 5) is 14.6. The normalized spacial score (nSPS) is 13.3. The summed E-state index contributed by atoms with van der Waals surface area (Å²) in [6.07, 6.45) is 2.41. The van der Waals surface area contributed by atoms with Gasteiger partial charge in [0.25, 0.3) is 5.91 Å². The van der Waals surface area contributed by atoms with Gasteiger partial charge in [-0.1, -0.05) is 18.2 Å². The lowest BCUT2D eigenvalue weighted by Gasteiger charge is -2.15. The molecule has 30 heavy (non-hydrogen) atoms. The second-order valence-corrected chi connectivity index (χ2v) is 7.63. The Morgan fingerprint density at radius 3 is 2.57 bits per heavy atom. The Labute approximate surface area is 176 Å². The maximum Gasteiger partial charge on any atom is 0.262 e. The SMILES string of the molecule is Cc1ccc(OCC(=O)Nc2cccc(-c3ccc(N4CCCC4)nn3)c2)cc1C. The van der Waals surface area contributed by atoms with Crippen LogP contribution in [0.15, 0.2) is 54.6 Å². The minimum absolute atomic E-state index is 0.0446. The second kappa shape index (κ2) is 8.95. The Morgan fingerprint density at radius 2 is 1.83 bits per heavy atom. The van der Waals surface area contributed by atoms with E-state index in [1.165, 1.54) is 18.4 Å². The van der Waals surface area contributed by atoms with Gasteiger partial charge in [-0.3, -0.25) is 4.79 Å². The van der Waals surface area contributed by atoms with Gasteiger partial charge in [-0.05, 0) is 74.2 Å². The summed E-state index contributed by atoms with van der Waals surface area (Å²) < 4.78 is 5.61. The number of anilines is 2. The first kappa shape index (κ1) is 19.9. The van der Waals surface area contributed by atoms with Crippen molar-refractivity contribution in [3.8, 4) is 17.0 Å². The zero-order chi connectivity index (χ0) is 20.9. The van der Waals surface area contributed by atoms with Crippen molar-refractivity contribution in [2.24, 2.45) is 0 Å². The van der Waals surface area contributed by atoms with Crippen molar-refractivity contribution in [3.63, 3.8) is 0 Å². The number of rotatable bonds is 6. The summed E-state index contributed by atoms with van der Waals surface area (Å²) in [5.74, 6) is 1.40. The van der Waals surface area contributed by atoms with E-state index >= 15 is 0 Å². The number of nitrogens with one attached hydrogen (secondary N) is 1. The molecule has 1 saturated heterocycles.